The van der Waals surface area contributed by atoms with Gasteiger partial charge in [0.1, 0.15) is 0 Å². The fourth-order valence-corrected chi connectivity index (χ4v) is 5.23. The normalized spacial score (nSPS) is 19.8. The SMILES string of the molecule is CCS(=O)(=O)N1CCC(c2nc(C)ccc2C(=O)NCCN2CCCC2)CC1. The summed E-state index contributed by atoms with van der Waals surface area (Å²) in [6, 6.07) is 3.73. The molecule has 1 aromatic heterocycles. The number of piperidine rings is 1. The van der Waals surface area contributed by atoms with Crippen molar-refractivity contribution in [1.82, 2.24) is 19.5 Å². The number of likely N-dealkylation sites (tertiary alicyclic amines) is 1. The molecule has 3 heterocycles. The van der Waals surface area contributed by atoms with E-state index in [4.69, 9.17) is 0 Å². The smallest absolute Gasteiger partial charge is 0.253 e. The molecule has 0 atom stereocenters. The van der Waals surface area contributed by atoms with E-state index in [1.165, 1.54) is 12.8 Å². The van der Waals surface area contributed by atoms with Crippen molar-refractivity contribution < 1.29 is 13.2 Å². The summed E-state index contributed by atoms with van der Waals surface area (Å²) >= 11 is 0. The molecule has 1 N–H and O–H groups in total. The highest BCUT2D eigenvalue weighted by Gasteiger charge is 2.30. The molecule has 0 aromatic carbocycles. The van der Waals surface area contributed by atoms with Crippen molar-refractivity contribution in [3.8, 4) is 0 Å². The maximum Gasteiger partial charge on any atom is 0.253 e. The Labute approximate surface area is 168 Å². The molecule has 0 spiro atoms. The van der Waals surface area contributed by atoms with Gasteiger partial charge in [0.2, 0.25) is 10.0 Å². The summed E-state index contributed by atoms with van der Waals surface area (Å²) < 4.78 is 25.8. The number of hydrogen-bond acceptors (Lipinski definition) is 5. The standard InChI is InChI=1S/C20H32N4O3S/c1-3-28(26,27)24-13-8-17(9-14-24)19-18(7-6-16(2)22-19)20(25)21-10-15-23-11-4-5-12-23/h6-7,17H,3-5,8-15H2,1-2H3,(H,21,25). The Morgan fingerprint density at radius 1 is 1.18 bits per heavy atom. The lowest BCUT2D eigenvalue weighted by molar-refractivity contribution is 0.0947. The third-order valence-electron chi connectivity index (χ3n) is 5.82. The Morgan fingerprint density at radius 3 is 2.50 bits per heavy atom. The van der Waals surface area contributed by atoms with Crippen LogP contribution in [0.5, 0.6) is 0 Å². The van der Waals surface area contributed by atoms with E-state index in [1.807, 2.05) is 19.1 Å². The van der Waals surface area contributed by atoms with E-state index >= 15 is 0 Å². The molecule has 0 radical (unpaired) electrons. The van der Waals surface area contributed by atoms with Crippen molar-refractivity contribution in [2.75, 3.05) is 45.0 Å². The van der Waals surface area contributed by atoms with Gasteiger partial charge in [0.05, 0.1) is 17.0 Å². The van der Waals surface area contributed by atoms with E-state index in [1.54, 1.807) is 11.2 Å². The fourth-order valence-electron chi connectivity index (χ4n) is 4.10. The molecule has 2 aliphatic heterocycles. The van der Waals surface area contributed by atoms with Crippen LogP contribution in [0.15, 0.2) is 12.1 Å². The average molecular weight is 409 g/mol. The predicted octanol–water partition coefficient (Wildman–Crippen LogP) is 1.74. The van der Waals surface area contributed by atoms with Crippen LogP contribution in [0.1, 0.15) is 60.3 Å². The van der Waals surface area contributed by atoms with E-state index in [2.05, 4.69) is 15.2 Å². The zero-order valence-electron chi connectivity index (χ0n) is 17.0. The monoisotopic (exact) mass is 408 g/mol. The summed E-state index contributed by atoms with van der Waals surface area (Å²) in [6.45, 7) is 8.34. The zero-order chi connectivity index (χ0) is 20.1. The van der Waals surface area contributed by atoms with Crippen LogP contribution in [-0.2, 0) is 10.0 Å². The van der Waals surface area contributed by atoms with Gasteiger partial charge in [-0.2, -0.15) is 0 Å². The highest BCUT2D eigenvalue weighted by atomic mass is 32.2. The van der Waals surface area contributed by atoms with Crippen LogP contribution in [0.2, 0.25) is 0 Å². The Bertz CT molecular complexity index is 783. The molecule has 0 unspecified atom stereocenters. The lowest BCUT2D eigenvalue weighted by Crippen LogP contribution is -2.39. The summed E-state index contributed by atoms with van der Waals surface area (Å²) in [7, 11) is -3.15. The van der Waals surface area contributed by atoms with E-state index in [9.17, 15) is 13.2 Å². The van der Waals surface area contributed by atoms with Crippen molar-refractivity contribution in [2.45, 2.75) is 45.4 Å². The lowest BCUT2D eigenvalue weighted by Gasteiger charge is -2.31. The van der Waals surface area contributed by atoms with Crippen molar-refractivity contribution >= 4 is 15.9 Å². The number of hydrogen-bond donors (Lipinski definition) is 1. The van der Waals surface area contributed by atoms with Crippen LogP contribution in [0.4, 0.5) is 0 Å². The number of rotatable bonds is 7. The highest BCUT2D eigenvalue weighted by molar-refractivity contribution is 7.89. The topological polar surface area (TPSA) is 82.6 Å². The first kappa shape index (κ1) is 21.2. The molecule has 0 bridgehead atoms. The minimum Gasteiger partial charge on any atom is -0.351 e. The van der Waals surface area contributed by atoms with E-state index in [-0.39, 0.29) is 17.6 Å². The van der Waals surface area contributed by atoms with Gasteiger partial charge < -0.3 is 10.2 Å². The fraction of sp³-hybridized carbons (Fsp3) is 0.700. The van der Waals surface area contributed by atoms with Gasteiger partial charge in [-0.15, -0.1) is 0 Å². The maximum atomic E-state index is 12.8. The number of nitrogens with zero attached hydrogens (tertiary/aromatic N) is 3. The second-order valence-corrected chi connectivity index (χ2v) is 10.0. The summed E-state index contributed by atoms with van der Waals surface area (Å²) in [5.41, 5.74) is 2.32. The number of sulfonamides is 1. The Kier molecular flexibility index (Phi) is 7.06. The predicted molar refractivity (Wildman–Crippen MR) is 110 cm³/mol. The first-order chi connectivity index (χ1) is 13.4. The number of carbonyl (C=O) groups is 1. The van der Waals surface area contributed by atoms with Crippen LogP contribution in [-0.4, -0.2) is 73.5 Å². The quantitative estimate of drug-likeness (QED) is 0.743. The molecule has 7 nitrogen and oxygen atoms in total. The van der Waals surface area contributed by atoms with Crippen molar-refractivity contribution in [3.63, 3.8) is 0 Å². The van der Waals surface area contributed by atoms with Crippen LogP contribution in [0, 0.1) is 6.92 Å². The Balaban J connectivity index is 1.64. The van der Waals surface area contributed by atoms with Gasteiger partial charge in [0.25, 0.3) is 5.91 Å². The molecule has 3 rings (SSSR count). The molecule has 8 heteroatoms. The molecular formula is C20H32N4O3S. The summed E-state index contributed by atoms with van der Waals surface area (Å²) in [6.07, 6.45) is 3.88. The van der Waals surface area contributed by atoms with Crippen LogP contribution in [0.25, 0.3) is 0 Å². The van der Waals surface area contributed by atoms with E-state index in [0.29, 0.717) is 38.0 Å². The second-order valence-electron chi connectivity index (χ2n) is 7.76. The van der Waals surface area contributed by atoms with Gasteiger partial charge in [-0.05, 0) is 64.8 Å². The Morgan fingerprint density at radius 2 is 1.86 bits per heavy atom. The maximum absolute atomic E-state index is 12.8. The number of aromatic nitrogens is 1. The van der Waals surface area contributed by atoms with Crippen LogP contribution >= 0.6 is 0 Å². The van der Waals surface area contributed by atoms with E-state index in [0.717, 1.165) is 31.0 Å². The molecule has 1 amide bonds. The first-order valence-electron chi connectivity index (χ1n) is 10.4. The third kappa shape index (κ3) is 5.10. The average Bonchev–Trinajstić information content (AvgIpc) is 3.21. The molecule has 2 saturated heterocycles. The third-order valence-corrected chi connectivity index (χ3v) is 7.70. The van der Waals surface area contributed by atoms with Crippen molar-refractivity contribution in [1.29, 1.82) is 0 Å². The minimum absolute atomic E-state index is 0.0784. The van der Waals surface area contributed by atoms with Gasteiger partial charge in [-0.1, -0.05) is 0 Å². The van der Waals surface area contributed by atoms with Gasteiger partial charge in [-0.25, -0.2) is 12.7 Å². The van der Waals surface area contributed by atoms with Crippen LogP contribution in [0.3, 0.4) is 0 Å². The molecular weight excluding hydrogens is 376 g/mol. The van der Waals surface area contributed by atoms with Gasteiger partial charge >= 0.3 is 0 Å². The van der Waals surface area contributed by atoms with Crippen molar-refractivity contribution in [3.05, 3.63) is 29.1 Å². The molecule has 2 fully saturated rings. The summed E-state index contributed by atoms with van der Waals surface area (Å²) in [5.74, 6) is 0.165. The lowest BCUT2D eigenvalue weighted by atomic mass is 9.90. The summed E-state index contributed by atoms with van der Waals surface area (Å²) in [5, 5.41) is 3.04. The second kappa shape index (κ2) is 9.33. The zero-order valence-corrected chi connectivity index (χ0v) is 17.8. The number of carbonyl (C=O) groups excluding carboxylic acids is 1. The highest BCUT2D eigenvalue weighted by Crippen LogP contribution is 2.30. The number of amides is 1. The molecule has 28 heavy (non-hydrogen) atoms. The minimum atomic E-state index is -3.15. The van der Waals surface area contributed by atoms with Gasteiger partial charge in [0, 0.05) is 37.8 Å². The molecule has 0 saturated carbocycles. The number of nitrogens with one attached hydrogen (secondary N) is 1. The summed E-state index contributed by atoms with van der Waals surface area (Å²) in [4.78, 5) is 19.8. The van der Waals surface area contributed by atoms with Crippen LogP contribution < -0.4 is 5.32 Å². The van der Waals surface area contributed by atoms with Gasteiger partial charge in [-0.3, -0.25) is 9.78 Å². The number of aryl methyl sites for hydroxylation is 1. The van der Waals surface area contributed by atoms with E-state index < -0.39 is 10.0 Å². The molecule has 0 aliphatic carbocycles. The first-order valence-corrected chi connectivity index (χ1v) is 12.0. The molecule has 1 aromatic rings. The largest absolute Gasteiger partial charge is 0.351 e. The van der Waals surface area contributed by atoms with Crippen molar-refractivity contribution in [2.24, 2.45) is 0 Å². The molecule has 156 valence electrons. The Hall–Kier alpha value is -1.51. The van der Waals surface area contributed by atoms with Gasteiger partial charge in [0.15, 0.2) is 0 Å². The molecule has 2 aliphatic rings. The number of pyridine rings is 1.